The Bertz CT molecular complexity index is 931. The highest BCUT2D eigenvalue weighted by Crippen LogP contribution is 2.31. The van der Waals surface area contributed by atoms with Crippen molar-refractivity contribution in [2.75, 3.05) is 11.1 Å². The molecule has 3 aromatic rings. The van der Waals surface area contributed by atoms with Crippen molar-refractivity contribution in [1.82, 2.24) is 25.2 Å². The van der Waals surface area contributed by atoms with Crippen LogP contribution in [0.2, 0.25) is 0 Å². The van der Waals surface area contributed by atoms with Gasteiger partial charge < -0.3 is 5.32 Å². The zero-order chi connectivity index (χ0) is 18.6. The number of tetrazole rings is 1. The van der Waals surface area contributed by atoms with E-state index in [9.17, 15) is 4.79 Å². The molecule has 0 saturated heterocycles. The van der Waals surface area contributed by atoms with E-state index in [1.54, 1.807) is 11.3 Å². The molecule has 7 nitrogen and oxygen atoms in total. The Morgan fingerprint density at radius 1 is 1.37 bits per heavy atom. The van der Waals surface area contributed by atoms with E-state index >= 15 is 0 Å². The van der Waals surface area contributed by atoms with Crippen molar-refractivity contribution in [1.29, 1.82) is 0 Å². The first-order chi connectivity index (χ1) is 13.2. The summed E-state index contributed by atoms with van der Waals surface area (Å²) in [4.78, 5) is 16.9. The molecule has 1 fully saturated rings. The summed E-state index contributed by atoms with van der Waals surface area (Å²) in [7, 11) is 0. The van der Waals surface area contributed by atoms with Gasteiger partial charge >= 0.3 is 0 Å². The summed E-state index contributed by atoms with van der Waals surface area (Å²) in [5.74, 6) is 0.195. The number of hydrogen-bond acceptors (Lipinski definition) is 7. The van der Waals surface area contributed by atoms with Gasteiger partial charge in [0.2, 0.25) is 11.1 Å². The molecule has 0 atom stereocenters. The lowest BCUT2D eigenvalue weighted by atomic mass is 10.1. The number of rotatable bonds is 6. The monoisotopic (exact) mass is 400 g/mol. The smallest absolute Gasteiger partial charge is 0.234 e. The largest absolute Gasteiger partial charge is 0.325 e. The summed E-state index contributed by atoms with van der Waals surface area (Å²) in [5.41, 5.74) is 2.69. The fourth-order valence-electron chi connectivity index (χ4n) is 3.24. The topological polar surface area (TPSA) is 85.6 Å². The maximum Gasteiger partial charge on any atom is 0.234 e. The van der Waals surface area contributed by atoms with Gasteiger partial charge in [0.15, 0.2) is 0 Å². The molecule has 2 heterocycles. The van der Waals surface area contributed by atoms with Gasteiger partial charge in [-0.2, -0.15) is 0 Å². The third kappa shape index (κ3) is 4.36. The Kier molecular flexibility index (Phi) is 5.49. The van der Waals surface area contributed by atoms with Crippen LogP contribution in [-0.2, 0) is 4.79 Å². The van der Waals surface area contributed by atoms with E-state index in [0.29, 0.717) is 11.2 Å². The fraction of sp³-hybridized carbons (Fsp3) is 0.389. The van der Waals surface area contributed by atoms with E-state index in [4.69, 9.17) is 0 Å². The number of carbonyl (C=O) groups excluding carboxylic acids is 1. The van der Waals surface area contributed by atoms with Gasteiger partial charge in [0.1, 0.15) is 0 Å². The van der Waals surface area contributed by atoms with Crippen molar-refractivity contribution in [2.45, 2.75) is 43.8 Å². The number of anilines is 1. The Balaban J connectivity index is 1.37. The fourth-order valence-corrected chi connectivity index (χ4v) is 4.60. The van der Waals surface area contributed by atoms with E-state index < -0.39 is 0 Å². The van der Waals surface area contributed by atoms with Gasteiger partial charge in [0.05, 0.1) is 22.5 Å². The second-order valence-electron chi connectivity index (χ2n) is 6.51. The van der Waals surface area contributed by atoms with Crippen LogP contribution < -0.4 is 5.32 Å². The third-order valence-corrected chi connectivity index (χ3v) is 6.23. The number of thiazole rings is 1. The molecule has 1 saturated carbocycles. The second kappa shape index (κ2) is 8.18. The summed E-state index contributed by atoms with van der Waals surface area (Å²) >= 11 is 2.99. The number of hydrogen-bond donors (Lipinski definition) is 1. The molecule has 0 radical (unpaired) electrons. The number of amides is 1. The normalized spacial score (nSPS) is 14.6. The van der Waals surface area contributed by atoms with Crippen molar-refractivity contribution in [3.05, 3.63) is 34.7 Å². The van der Waals surface area contributed by atoms with Gasteiger partial charge in [-0.15, -0.1) is 16.4 Å². The molecule has 0 aliphatic heterocycles. The molecular weight excluding hydrogens is 380 g/mol. The molecule has 27 heavy (non-hydrogen) atoms. The highest BCUT2D eigenvalue weighted by Gasteiger charge is 2.22. The maximum absolute atomic E-state index is 12.4. The molecule has 0 bridgehead atoms. The minimum Gasteiger partial charge on any atom is -0.325 e. The van der Waals surface area contributed by atoms with Crippen LogP contribution in [0.3, 0.4) is 0 Å². The summed E-state index contributed by atoms with van der Waals surface area (Å²) in [6, 6.07) is 8.11. The lowest BCUT2D eigenvalue weighted by Gasteiger charge is -2.11. The van der Waals surface area contributed by atoms with E-state index in [2.05, 4.69) is 25.8 Å². The van der Waals surface area contributed by atoms with E-state index in [1.165, 1.54) is 24.6 Å². The molecule has 2 aromatic heterocycles. The molecule has 140 valence electrons. The van der Waals surface area contributed by atoms with E-state index in [1.807, 2.05) is 41.3 Å². The minimum absolute atomic E-state index is 0.0763. The SMILES string of the molecule is Cc1nc(-c2cccc(NC(=O)CSc3nnnn3C3CCCC3)c2)cs1. The number of aromatic nitrogens is 5. The Morgan fingerprint density at radius 3 is 3.00 bits per heavy atom. The Hall–Kier alpha value is -2.26. The van der Waals surface area contributed by atoms with Gasteiger partial charge in [-0.05, 0) is 42.3 Å². The standard InChI is InChI=1S/C18H20N6OS2/c1-12-19-16(10-26-12)13-5-4-6-14(9-13)20-17(25)11-27-18-21-22-23-24(18)15-7-2-3-8-15/h4-6,9-10,15H,2-3,7-8,11H2,1H3,(H,20,25). The molecule has 1 aliphatic rings. The number of nitrogens with one attached hydrogen (secondary N) is 1. The molecule has 9 heteroatoms. The number of carbonyl (C=O) groups is 1. The molecular formula is C18H20N6OS2. The molecule has 1 N–H and O–H groups in total. The highest BCUT2D eigenvalue weighted by molar-refractivity contribution is 7.99. The van der Waals surface area contributed by atoms with Crippen LogP contribution in [0.25, 0.3) is 11.3 Å². The predicted octanol–water partition coefficient (Wildman–Crippen LogP) is 3.95. The van der Waals surface area contributed by atoms with Crippen LogP contribution in [0.1, 0.15) is 36.7 Å². The van der Waals surface area contributed by atoms with E-state index in [-0.39, 0.29) is 11.7 Å². The van der Waals surface area contributed by atoms with E-state index in [0.717, 1.165) is 34.8 Å². The van der Waals surface area contributed by atoms with Crippen LogP contribution in [0.5, 0.6) is 0 Å². The lowest BCUT2D eigenvalue weighted by Crippen LogP contribution is -2.15. The number of nitrogens with zero attached hydrogens (tertiary/aromatic N) is 5. The number of benzene rings is 1. The second-order valence-corrected chi connectivity index (χ2v) is 8.52. The van der Waals surface area contributed by atoms with Crippen molar-refractivity contribution in [3.8, 4) is 11.3 Å². The first-order valence-electron chi connectivity index (χ1n) is 8.92. The summed E-state index contributed by atoms with van der Waals surface area (Å²) in [6.45, 7) is 1.98. The average Bonchev–Trinajstić information content (AvgIpc) is 3.41. The third-order valence-electron chi connectivity index (χ3n) is 4.53. The van der Waals surface area contributed by atoms with Gasteiger partial charge in [0.25, 0.3) is 0 Å². The predicted molar refractivity (Wildman–Crippen MR) is 107 cm³/mol. The molecule has 1 aromatic carbocycles. The zero-order valence-corrected chi connectivity index (χ0v) is 16.6. The minimum atomic E-state index is -0.0763. The van der Waals surface area contributed by atoms with Crippen molar-refractivity contribution < 1.29 is 4.79 Å². The number of aryl methyl sites for hydroxylation is 1. The van der Waals surface area contributed by atoms with Crippen molar-refractivity contribution in [3.63, 3.8) is 0 Å². The zero-order valence-electron chi connectivity index (χ0n) is 15.0. The van der Waals surface area contributed by atoms with Crippen LogP contribution in [0.4, 0.5) is 5.69 Å². The average molecular weight is 401 g/mol. The Labute approximate surface area is 165 Å². The van der Waals surface area contributed by atoms with Crippen molar-refractivity contribution >= 4 is 34.7 Å². The van der Waals surface area contributed by atoms with Crippen LogP contribution >= 0.6 is 23.1 Å². The molecule has 1 aliphatic carbocycles. The highest BCUT2D eigenvalue weighted by atomic mass is 32.2. The first kappa shape index (κ1) is 18.1. The molecule has 0 unspecified atom stereocenters. The number of thioether (sulfide) groups is 1. The van der Waals surface area contributed by atoms with Gasteiger partial charge in [-0.25, -0.2) is 9.67 Å². The van der Waals surface area contributed by atoms with Gasteiger partial charge in [0, 0.05) is 16.6 Å². The van der Waals surface area contributed by atoms with Gasteiger partial charge in [-0.1, -0.05) is 36.7 Å². The first-order valence-corrected chi connectivity index (χ1v) is 10.8. The Morgan fingerprint density at radius 2 is 2.22 bits per heavy atom. The molecule has 0 spiro atoms. The maximum atomic E-state index is 12.4. The molecule has 1 amide bonds. The van der Waals surface area contributed by atoms with Crippen LogP contribution in [-0.4, -0.2) is 36.9 Å². The lowest BCUT2D eigenvalue weighted by molar-refractivity contribution is -0.113. The summed E-state index contributed by atoms with van der Waals surface area (Å²) in [5, 5.41) is 18.7. The summed E-state index contributed by atoms with van der Waals surface area (Å²) < 4.78 is 1.87. The van der Waals surface area contributed by atoms with Crippen LogP contribution in [0, 0.1) is 6.92 Å². The molecule has 4 rings (SSSR count). The van der Waals surface area contributed by atoms with Crippen LogP contribution in [0.15, 0.2) is 34.8 Å². The van der Waals surface area contributed by atoms with Gasteiger partial charge in [-0.3, -0.25) is 4.79 Å². The quantitative estimate of drug-likeness (QED) is 0.631. The summed E-state index contributed by atoms with van der Waals surface area (Å²) in [6.07, 6.45) is 4.63. The van der Waals surface area contributed by atoms with Crippen molar-refractivity contribution in [2.24, 2.45) is 0 Å².